The third kappa shape index (κ3) is 3.86. The van der Waals surface area contributed by atoms with Crippen LogP contribution in [0.4, 0.5) is 11.5 Å². The Balaban J connectivity index is 1.16. The number of rotatable bonds is 4. The van der Waals surface area contributed by atoms with Gasteiger partial charge in [0.1, 0.15) is 19.0 Å². The van der Waals surface area contributed by atoms with E-state index >= 15 is 0 Å². The Bertz CT molecular complexity index is 1030. The number of benzene rings is 2. The molecule has 8 heteroatoms. The molecule has 2 aliphatic heterocycles. The van der Waals surface area contributed by atoms with Crippen molar-refractivity contribution in [2.24, 2.45) is 0 Å². The minimum absolute atomic E-state index is 0.0192. The van der Waals surface area contributed by atoms with E-state index in [1.807, 2.05) is 24.3 Å². The lowest BCUT2D eigenvalue weighted by Crippen LogP contribution is -2.48. The number of aromatic nitrogens is 1. The molecule has 0 radical (unpaired) electrons. The summed E-state index contributed by atoms with van der Waals surface area (Å²) < 4.78 is 16.9. The molecule has 2 aliphatic rings. The number of nitrogens with one attached hydrogen (secondary N) is 1. The predicted octanol–water partition coefficient (Wildman–Crippen LogP) is 2.83. The van der Waals surface area contributed by atoms with E-state index < -0.39 is 0 Å². The average Bonchev–Trinajstić information content (AvgIpc) is 3.18. The number of carbonyl (C=O) groups is 1. The minimum atomic E-state index is -0.0192. The molecule has 150 valence electrons. The average molecular weight is 410 g/mol. The fraction of sp³-hybridized carbons (Fsp3) is 0.333. The SMILES string of the molecule is O=C(CN1CCN(c2nsc3ccccc23)CC1)Nc1ccc2c(c1)OCCO2. The Morgan fingerprint density at radius 1 is 1.03 bits per heavy atom. The van der Waals surface area contributed by atoms with E-state index in [0.29, 0.717) is 25.5 Å². The topological polar surface area (TPSA) is 66.9 Å². The standard InChI is InChI=1S/C21H22N4O3S/c26-20(22-15-5-6-17-18(13-15)28-12-11-27-17)14-24-7-9-25(10-8-24)21-16-3-1-2-4-19(16)29-23-21/h1-6,13H,7-12,14H2,(H,22,26). The van der Waals surface area contributed by atoms with Crippen molar-refractivity contribution in [3.63, 3.8) is 0 Å². The number of hydrogen-bond acceptors (Lipinski definition) is 7. The van der Waals surface area contributed by atoms with E-state index in [1.165, 1.54) is 10.1 Å². The van der Waals surface area contributed by atoms with Crippen molar-refractivity contribution in [2.75, 3.05) is 56.2 Å². The van der Waals surface area contributed by atoms with Crippen LogP contribution < -0.4 is 19.7 Å². The molecule has 1 fully saturated rings. The number of amides is 1. The van der Waals surface area contributed by atoms with Crippen molar-refractivity contribution in [1.29, 1.82) is 0 Å². The van der Waals surface area contributed by atoms with Crippen LogP contribution >= 0.6 is 11.5 Å². The van der Waals surface area contributed by atoms with Crippen molar-refractivity contribution in [3.05, 3.63) is 42.5 Å². The maximum atomic E-state index is 12.5. The second-order valence-corrected chi connectivity index (χ2v) is 7.98. The molecule has 3 heterocycles. The summed E-state index contributed by atoms with van der Waals surface area (Å²) in [5.74, 6) is 2.44. The quantitative estimate of drug-likeness (QED) is 0.714. The monoisotopic (exact) mass is 410 g/mol. The molecule has 29 heavy (non-hydrogen) atoms. The summed E-state index contributed by atoms with van der Waals surface area (Å²) in [7, 11) is 0. The Kier molecular flexibility index (Phi) is 4.95. The smallest absolute Gasteiger partial charge is 0.238 e. The third-order valence-electron chi connectivity index (χ3n) is 5.22. The zero-order valence-electron chi connectivity index (χ0n) is 16.0. The number of anilines is 2. The van der Waals surface area contributed by atoms with Crippen LogP contribution in [-0.2, 0) is 4.79 Å². The molecule has 1 N–H and O–H groups in total. The lowest BCUT2D eigenvalue weighted by molar-refractivity contribution is -0.117. The molecular formula is C21H22N4O3S. The lowest BCUT2D eigenvalue weighted by atomic mass is 10.2. The zero-order valence-corrected chi connectivity index (χ0v) is 16.8. The van der Waals surface area contributed by atoms with Gasteiger partial charge in [-0.25, -0.2) is 0 Å². The Hall–Kier alpha value is -2.84. The Morgan fingerprint density at radius 2 is 1.83 bits per heavy atom. The van der Waals surface area contributed by atoms with Crippen LogP contribution in [0.15, 0.2) is 42.5 Å². The normalized spacial score (nSPS) is 16.8. The molecular weight excluding hydrogens is 388 g/mol. The molecule has 3 aromatic rings. The molecule has 1 amide bonds. The van der Waals surface area contributed by atoms with Crippen LogP contribution in [0.5, 0.6) is 11.5 Å². The first-order chi connectivity index (χ1) is 14.3. The van der Waals surface area contributed by atoms with Crippen LogP contribution in [0.1, 0.15) is 0 Å². The molecule has 5 rings (SSSR count). The molecule has 0 unspecified atom stereocenters. The number of nitrogens with zero attached hydrogens (tertiary/aromatic N) is 3. The molecule has 7 nitrogen and oxygen atoms in total. The predicted molar refractivity (Wildman–Crippen MR) is 114 cm³/mol. The maximum absolute atomic E-state index is 12.5. The van der Waals surface area contributed by atoms with Gasteiger partial charge in [0.2, 0.25) is 5.91 Å². The number of hydrogen-bond donors (Lipinski definition) is 1. The summed E-state index contributed by atoms with van der Waals surface area (Å²) >= 11 is 1.54. The van der Waals surface area contributed by atoms with Gasteiger partial charge in [-0.3, -0.25) is 9.69 Å². The molecule has 0 bridgehead atoms. The molecule has 1 aromatic heterocycles. The summed E-state index contributed by atoms with van der Waals surface area (Å²) in [6.07, 6.45) is 0. The summed E-state index contributed by atoms with van der Waals surface area (Å²) in [4.78, 5) is 17.0. The number of ether oxygens (including phenoxy) is 2. The zero-order chi connectivity index (χ0) is 19.6. The van der Waals surface area contributed by atoms with Gasteiger partial charge in [-0.15, -0.1) is 0 Å². The number of carbonyl (C=O) groups excluding carboxylic acids is 1. The first-order valence-electron chi connectivity index (χ1n) is 9.77. The van der Waals surface area contributed by atoms with Gasteiger partial charge in [0.05, 0.1) is 11.2 Å². The summed E-state index contributed by atoms with van der Waals surface area (Å²) in [5.41, 5.74) is 0.729. The molecule has 0 saturated carbocycles. The molecule has 2 aromatic carbocycles. The maximum Gasteiger partial charge on any atom is 0.238 e. The summed E-state index contributed by atoms with van der Waals surface area (Å²) in [6.45, 7) is 4.86. The van der Waals surface area contributed by atoms with E-state index in [2.05, 4.69) is 37.7 Å². The van der Waals surface area contributed by atoms with Crippen molar-refractivity contribution in [2.45, 2.75) is 0 Å². The molecule has 1 saturated heterocycles. The van der Waals surface area contributed by atoms with E-state index in [9.17, 15) is 4.79 Å². The minimum Gasteiger partial charge on any atom is -0.486 e. The number of piperazine rings is 1. The van der Waals surface area contributed by atoms with Gasteiger partial charge in [-0.05, 0) is 35.8 Å². The van der Waals surface area contributed by atoms with Crippen molar-refractivity contribution in [3.8, 4) is 11.5 Å². The van der Waals surface area contributed by atoms with Gasteiger partial charge in [0.25, 0.3) is 0 Å². The molecule has 0 atom stereocenters. The second kappa shape index (κ2) is 7.88. The van der Waals surface area contributed by atoms with E-state index in [0.717, 1.165) is 43.4 Å². The van der Waals surface area contributed by atoms with Gasteiger partial charge >= 0.3 is 0 Å². The highest BCUT2D eigenvalue weighted by Gasteiger charge is 2.22. The van der Waals surface area contributed by atoms with E-state index in [4.69, 9.17) is 9.47 Å². The second-order valence-electron chi connectivity index (χ2n) is 7.17. The largest absolute Gasteiger partial charge is 0.486 e. The van der Waals surface area contributed by atoms with Crippen molar-refractivity contribution < 1.29 is 14.3 Å². The fourth-order valence-corrected chi connectivity index (χ4v) is 4.54. The van der Waals surface area contributed by atoms with Gasteiger partial charge < -0.3 is 19.7 Å². The third-order valence-corrected chi connectivity index (χ3v) is 6.04. The van der Waals surface area contributed by atoms with Crippen molar-refractivity contribution >= 4 is 39.0 Å². The summed E-state index contributed by atoms with van der Waals surface area (Å²) in [6, 6.07) is 13.8. The highest BCUT2D eigenvalue weighted by Crippen LogP contribution is 2.33. The van der Waals surface area contributed by atoms with Crippen molar-refractivity contribution in [1.82, 2.24) is 9.27 Å². The Labute approximate surface area is 173 Å². The van der Waals surface area contributed by atoms with E-state index in [1.54, 1.807) is 11.5 Å². The van der Waals surface area contributed by atoms with Crippen LogP contribution in [0.3, 0.4) is 0 Å². The fourth-order valence-electron chi connectivity index (χ4n) is 3.74. The van der Waals surface area contributed by atoms with Crippen LogP contribution in [0.25, 0.3) is 10.1 Å². The van der Waals surface area contributed by atoms with Gasteiger partial charge in [-0.1, -0.05) is 12.1 Å². The first kappa shape index (κ1) is 18.2. The number of fused-ring (bicyclic) bond motifs is 2. The first-order valence-corrected chi connectivity index (χ1v) is 10.5. The van der Waals surface area contributed by atoms with Crippen LogP contribution in [0.2, 0.25) is 0 Å². The van der Waals surface area contributed by atoms with Gasteiger partial charge in [-0.2, -0.15) is 4.37 Å². The highest BCUT2D eigenvalue weighted by molar-refractivity contribution is 7.13. The lowest BCUT2D eigenvalue weighted by Gasteiger charge is -2.34. The Morgan fingerprint density at radius 3 is 2.69 bits per heavy atom. The van der Waals surface area contributed by atoms with Crippen LogP contribution in [0, 0.1) is 0 Å². The summed E-state index contributed by atoms with van der Waals surface area (Å²) in [5, 5.41) is 4.17. The molecule has 0 spiro atoms. The van der Waals surface area contributed by atoms with Gasteiger partial charge in [0.15, 0.2) is 11.5 Å². The van der Waals surface area contributed by atoms with E-state index in [-0.39, 0.29) is 5.91 Å². The van der Waals surface area contributed by atoms with Crippen LogP contribution in [-0.4, -0.2) is 61.1 Å². The highest BCUT2D eigenvalue weighted by atomic mass is 32.1. The van der Waals surface area contributed by atoms with Gasteiger partial charge in [0, 0.05) is 43.3 Å². The molecule has 0 aliphatic carbocycles.